The molecule has 0 radical (unpaired) electrons. The van der Waals surface area contributed by atoms with E-state index in [-0.39, 0.29) is 11.4 Å². The maximum Gasteiger partial charge on any atom is 0.307 e. The van der Waals surface area contributed by atoms with Gasteiger partial charge in [-0.2, -0.15) is 0 Å². The Bertz CT molecular complexity index is 415. The van der Waals surface area contributed by atoms with Gasteiger partial charge in [0.25, 0.3) is 0 Å². The second-order valence-electron chi connectivity index (χ2n) is 5.46. The number of hydrogen-bond acceptors (Lipinski definition) is 6. The number of hydrogen-bond donors (Lipinski definition) is 2. The molecule has 0 atom stereocenters. The molecule has 1 heterocycles. The Kier molecular flexibility index (Phi) is 5.54. The van der Waals surface area contributed by atoms with E-state index in [4.69, 9.17) is 0 Å². The first kappa shape index (κ1) is 15.2. The van der Waals surface area contributed by atoms with Crippen molar-refractivity contribution in [3.63, 3.8) is 0 Å². The van der Waals surface area contributed by atoms with Crippen LogP contribution < -0.4 is 10.6 Å². The van der Waals surface area contributed by atoms with Crippen molar-refractivity contribution in [1.82, 2.24) is 9.97 Å². The Labute approximate surface area is 114 Å². The van der Waals surface area contributed by atoms with Crippen LogP contribution in [-0.4, -0.2) is 36.1 Å². The SMILES string of the molecule is COC(=O)CCNc1cc(NCC(C)(C)C)ncn1. The molecule has 1 aromatic heterocycles. The van der Waals surface area contributed by atoms with Gasteiger partial charge in [-0.1, -0.05) is 20.8 Å². The molecule has 0 fully saturated rings. The van der Waals surface area contributed by atoms with Crippen LogP contribution in [0.1, 0.15) is 27.2 Å². The lowest BCUT2D eigenvalue weighted by molar-refractivity contribution is -0.140. The van der Waals surface area contributed by atoms with Crippen molar-refractivity contribution in [2.45, 2.75) is 27.2 Å². The molecule has 0 saturated carbocycles. The van der Waals surface area contributed by atoms with Crippen molar-refractivity contribution < 1.29 is 9.53 Å². The lowest BCUT2D eigenvalue weighted by atomic mass is 9.97. The highest BCUT2D eigenvalue weighted by Crippen LogP contribution is 2.15. The summed E-state index contributed by atoms with van der Waals surface area (Å²) in [6, 6.07) is 1.82. The highest BCUT2D eigenvalue weighted by Gasteiger charge is 2.10. The minimum atomic E-state index is -0.243. The molecule has 19 heavy (non-hydrogen) atoms. The monoisotopic (exact) mass is 266 g/mol. The van der Waals surface area contributed by atoms with Crippen LogP contribution in [0.4, 0.5) is 11.6 Å². The molecular weight excluding hydrogens is 244 g/mol. The minimum absolute atomic E-state index is 0.184. The first-order valence-corrected chi connectivity index (χ1v) is 6.27. The molecule has 1 aromatic rings. The van der Waals surface area contributed by atoms with Gasteiger partial charge in [0, 0.05) is 19.2 Å². The van der Waals surface area contributed by atoms with E-state index in [1.54, 1.807) is 0 Å². The molecule has 0 amide bonds. The molecule has 0 bridgehead atoms. The van der Waals surface area contributed by atoms with Crippen LogP contribution in [0.5, 0.6) is 0 Å². The second kappa shape index (κ2) is 6.92. The van der Waals surface area contributed by atoms with Crippen molar-refractivity contribution in [2.75, 3.05) is 30.8 Å². The lowest BCUT2D eigenvalue weighted by Crippen LogP contribution is -2.19. The number of anilines is 2. The molecule has 1 rings (SSSR count). The highest BCUT2D eigenvalue weighted by molar-refractivity contribution is 5.69. The number of nitrogens with one attached hydrogen (secondary N) is 2. The zero-order valence-corrected chi connectivity index (χ0v) is 12.0. The van der Waals surface area contributed by atoms with E-state index < -0.39 is 0 Å². The van der Waals surface area contributed by atoms with Crippen LogP contribution in [-0.2, 0) is 9.53 Å². The Morgan fingerprint density at radius 3 is 2.47 bits per heavy atom. The van der Waals surface area contributed by atoms with Gasteiger partial charge in [0.15, 0.2) is 0 Å². The smallest absolute Gasteiger partial charge is 0.307 e. The molecular formula is C13H22N4O2. The first-order chi connectivity index (χ1) is 8.90. The van der Waals surface area contributed by atoms with Crippen LogP contribution in [0.25, 0.3) is 0 Å². The molecule has 106 valence electrons. The fraction of sp³-hybridized carbons (Fsp3) is 0.615. The molecule has 0 unspecified atom stereocenters. The Balaban J connectivity index is 2.45. The summed E-state index contributed by atoms with van der Waals surface area (Å²) in [7, 11) is 1.38. The van der Waals surface area contributed by atoms with E-state index >= 15 is 0 Å². The topological polar surface area (TPSA) is 76.1 Å². The van der Waals surface area contributed by atoms with Gasteiger partial charge >= 0.3 is 5.97 Å². The molecule has 0 aliphatic rings. The molecule has 2 N–H and O–H groups in total. The van der Waals surface area contributed by atoms with Gasteiger partial charge in [-0.15, -0.1) is 0 Å². The normalized spacial score (nSPS) is 10.9. The van der Waals surface area contributed by atoms with Gasteiger partial charge in [0.2, 0.25) is 0 Å². The zero-order chi connectivity index (χ0) is 14.3. The molecule has 6 heteroatoms. The van der Waals surface area contributed by atoms with Crippen molar-refractivity contribution in [3.8, 4) is 0 Å². The van der Waals surface area contributed by atoms with E-state index in [9.17, 15) is 4.79 Å². The van der Waals surface area contributed by atoms with Gasteiger partial charge in [0.05, 0.1) is 13.5 Å². The molecule has 0 aliphatic carbocycles. The number of ether oxygens (including phenoxy) is 1. The molecule has 6 nitrogen and oxygen atoms in total. The number of carbonyl (C=O) groups is 1. The number of methoxy groups -OCH3 is 1. The van der Waals surface area contributed by atoms with Crippen molar-refractivity contribution in [2.24, 2.45) is 5.41 Å². The number of aromatic nitrogens is 2. The maximum absolute atomic E-state index is 11.0. The lowest BCUT2D eigenvalue weighted by Gasteiger charge is -2.19. The van der Waals surface area contributed by atoms with Gasteiger partial charge in [-0.05, 0) is 5.41 Å². The second-order valence-corrected chi connectivity index (χ2v) is 5.46. The Hall–Kier alpha value is -1.85. The Morgan fingerprint density at radius 1 is 1.26 bits per heavy atom. The zero-order valence-electron chi connectivity index (χ0n) is 12.0. The molecule has 0 aromatic carbocycles. The number of esters is 1. The minimum Gasteiger partial charge on any atom is -0.469 e. The molecule has 0 saturated heterocycles. The predicted molar refractivity (Wildman–Crippen MR) is 75.1 cm³/mol. The van der Waals surface area contributed by atoms with Crippen LogP contribution in [0, 0.1) is 5.41 Å². The summed E-state index contributed by atoms with van der Waals surface area (Å²) in [5, 5.41) is 6.31. The van der Waals surface area contributed by atoms with Gasteiger partial charge in [0.1, 0.15) is 18.0 Å². The van der Waals surface area contributed by atoms with Crippen LogP contribution in [0.15, 0.2) is 12.4 Å². The Morgan fingerprint density at radius 2 is 1.89 bits per heavy atom. The van der Waals surface area contributed by atoms with E-state index in [1.807, 2.05) is 6.07 Å². The third-order valence-electron chi connectivity index (χ3n) is 2.33. The average molecular weight is 266 g/mol. The van der Waals surface area contributed by atoms with Crippen LogP contribution in [0.3, 0.4) is 0 Å². The summed E-state index contributed by atoms with van der Waals surface area (Å²) in [6.45, 7) is 7.76. The van der Waals surface area contributed by atoms with E-state index in [0.29, 0.717) is 18.8 Å². The fourth-order valence-corrected chi connectivity index (χ4v) is 1.30. The van der Waals surface area contributed by atoms with Gasteiger partial charge < -0.3 is 15.4 Å². The third kappa shape index (κ3) is 6.59. The summed E-state index contributed by atoms with van der Waals surface area (Å²) < 4.78 is 4.56. The van der Waals surface area contributed by atoms with Crippen molar-refractivity contribution in [1.29, 1.82) is 0 Å². The summed E-state index contributed by atoms with van der Waals surface area (Å²) in [6.07, 6.45) is 1.80. The van der Waals surface area contributed by atoms with E-state index in [1.165, 1.54) is 13.4 Å². The van der Waals surface area contributed by atoms with Crippen molar-refractivity contribution in [3.05, 3.63) is 12.4 Å². The molecule has 0 spiro atoms. The van der Waals surface area contributed by atoms with Crippen LogP contribution in [0.2, 0.25) is 0 Å². The maximum atomic E-state index is 11.0. The quantitative estimate of drug-likeness (QED) is 0.766. The summed E-state index contributed by atoms with van der Waals surface area (Å²) in [5.41, 5.74) is 0.184. The standard InChI is InChI=1S/C13H22N4O2/c1-13(2,3)8-15-11-7-10(16-9-17-11)14-6-5-12(18)19-4/h7,9H,5-6,8H2,1-4H3,(H2,14,15,16,17). The van der Waals surface area contributed by atoms with Crippen molar-refractivity contribution >= 4 is 17.6 Å². The number of carbonyl (C=O) groups excluding carboxylic acids is 1. The van der Waals surface area contributed by atoms with Crippen LogP contribution >= 0.6 is 0 Å². The van der Waals surface area contributed by atoms with Gasteiger partial charge in [-0.25, -0.2) is 9.97 Å². The molecule has 0 aliphatic heterocycles. The fourth-order valence-electron chi connectivity index (χ4n) is 1.30. The summed E-state index contributed by atoms with van der Waals surface area (Å²) in [4.78, 5) is 19.2. The largest absolute Gasteiger partial charge is 0.469 e. The third-order valence-corrected chi connectivity index (χ3v) is 2.33. The summed E-state index contributed by atoms with van der Waals surface area (Å²) >= 11 is 0. The number of nitrogens with zero attached hydrogens (tertiary/aromatic N) is 2. The van der Waals surface area contributed by atoms with E-state index in [0.717, 1.165) is 12.4 Å². The highest BCUT2D eigenvalue weighted by atomic mass is 16.5. The van der Waals surface area contributed by atoms with E-state index in [2.05, 4.69) is 46.1 Å². The average Bonchev–Trinajstić information content (AvgIpc) is 2.36. The first-order valence-electron chi connectivity index (χ1n) is 6.27. The number of rotatable bonds is 6. The predicted octanol–water partition coefficient (Wildman–Crippen LogP) is 1.91. The van der Waals surface area contributed by atoms with Gasteiger partial charge in [-0.3, -0.25) is 4.79 Å². The summed E-state index contributed by atoms with van der Waals surface area (Å²) in [5.74, 6) is 1.22.